The van der Waals surface area contributed by atoms with Crippen molar-refractivity contribution in [1.29, 1.82) is 0 Å². The van der Waals surface area contributed by atoms with E-state index in [0.717, 1.165) is 16.3 Å². The van der Waals surface area contributed by atoms with Gasteiger partial charge in [0.2, 0.25) is 0 Å². The van der Waals surface area contributed by atoms with Gasteiger partial charge in [-0.25, -0.2) is 0 Å². The Labute approximate surface area is 112 Å². The molecule has 96 valence electrons. The van der Waals surface area contributed by atoms with E-state index < -0.39 is 17.4 Å². The first-order chi connectivity index (χ1) is 8.38. The van der Waals surface area contributed by atoms with Crippen LogP contribution in [-0.2, 0) is 0 Å². The fourth-order valence-electron chi connectivity index (χ4n) is 2.06. The van der Waals surface area contributed by atoms with Gasteiger partial charge in [0.1, 0.15) is 0 Å². The molecule has 0 heterocycles. The van der Waals surface area contributed by atoms with E-state index in [2.05, 4.69) is 15.9 Å². The van der Waals surface area contributed by atoms with Crippen molar-refractivity contribution in [2.45, 2.75) is 24.3 Å². The Morgan fingerprint density at radius 3 is 2.28 bits per heavy atom. The Kier molecular flexibility index (Phi) is 3.66. The third-order valence-corrected chi connectivity index (χ3v) is 3.74. The van der Waals surface area contributed by atoms with Crippen molar-refractivity contribution >= 4 is 26.7 Å². The standard InChI is InChI=1S/C14H12BrF3/c1-9-6-7-12(13(15)8-14(16,17)18)11-5-3-2-4-10(9)11/h2-7,13H,8H2,1H3. The van der Waals surface area contributed by atoms with Gasteiger partial charge < -0.3 is 0 Å². The molecular weight excluding hydrogens is 305 g/mol. The van der Waals surface area contributed by atoms with E-state index in [4.69, 9.17) is 0 Å². The number of alkyl halides is 4. The normalized spacial score (nSPS) is 13.8. The Hall–Kier alpha value is -1.03. The monoisotopic (exact) mass is 316 g/mol. The molecule has 0 saturated heterocycles. The molecule has 1 atom stereocenters. The molecule has 2 aromatic carbocycles. The van der Waals surface area contributed by atoms with Crippen LogP contribution >= 0.6 is 15.9 Å². The molecule has 2 rings (SSSR count). The van der Waals surface area contributed by atoms with E-state index in [-0.39, 0.29) is 0 Å². The topological polar surface area (TPSA) is 0 Å². The van der Waals surface area contributed by atoms with Crippen LogP contribution in [0.3, 0.4) is 0 Å². The first-order valence-electron chi connectivity index (χ1n) is 5.57. The zero-order valence-electron chi connectivity index (χ0n) is 9.76. The van der Waals surface area contributed by atoms with E-state index in [1.54, 1.807) is 6.07 Å². The summed E-state index contributed by atoms with van der Waals surface area (Å²) in [5.41, 5.74) is 1.76. The minimum Gasteiger partial charge on any atom is -0.171 e. The maximum atomic E-state index is 12.4. The second-order valence-electron chi connectivity index (χ2n) is 4.30. The van der Waals surface area contributed by atoms with Crippen LogP contribution in [0.4, 0.5) is 13.2 Å². The Morgan fingerprint density at radius 2 is 1.67 bits per heavy atom. The lowest BCUT2D eigenvalue weighted by molar-refractivity contribution is -0.134. The predicted octanol–water partition coefficient (Wildman–Crippen LogP) is 5.54. The summed E-state index contributed by atoms with van der Waals surface area (Å²) in [6, 6.07) is 11.2. The lowest BCUT2D eigenvalue weighted by Gasteiger charge is -2.16. The third-order valence-electron chi connectivity index (χ3n) is 2.92. The van der Waals surface area contributed by atoms with Gasteiger partial charge >= 0.3 is 6.18 Å². The number of benzene rings is 2. The SMILES string of the molecule is Cc1ccc(C(Br)CC(F)(F)F)c2ccccc12. The quantitative estimate of drug-likeness (QED) is 0.638. The van der Waals surface area contributed by atoms with Crippen molar-refractivity contribution in [3.05, 3.63) is 47.5 Å². The molecule has 0 aliphatic rings. The summed E-state index contributed by atoms with van der Waals surface area (Å²) in [5.74, 6) is 0. The maximum Gasteiger partial charge on any atom is 0.390 e. The highest BCUT2D eigenvalue weighted by Gasteiger charge is 2.32. The number of hydrogen-bond donors (Lipinski definition) is 0. The van der Waals surface area contributed by atoms with Gasteiger partial charge in [-0.1, -0.05) is 52.3 Å². The molecule has 1 unspecified atom stereocenters. The number of rotatable bonds is 2. The molecule has 0 aliphatic heterocycles. The highest BCUT2D eigenvalue weighted by molar-refractivity contribution is 9.09. The highest BCUT2D eigenvalue weighted by atomic mass is 79.9. The summed E-state index contributed by atoms with van der Waals surface area (Å²) < 4.78 is 37.3. The van der Waals surface area contributed by atoms with Crippen LogP contribution in [0.5, 0.6) is 0 Å². The summed E-state index contributed by atoms with van der Waals surface area (Å²) in [6.45, 7) is 1.96. The van der Waals surface area contributed by atoms with E-state index in [9.17, 15) is 13.2 Å². The van der Waals surface area contributed by atoms with E-state index >= 15 is 0 Å². The first kappa shape index (κ1) is 13.4. The van der Waals surface area contributed by atoms with Crippen LogP contribution < -0.4 is 0 Å². The number of hydrogen-bond acceptors (Lipinski definition) is 0. The largest absolute Gasteiger partial charge is 0.390 e. The Bertz CT molecular complexity index is 560. The van der Waals surface area contributed by atoms with Crippen molar-refractivity contribution in [1.82, 2.24) is 0 Å². The molecule has 0 nitrogen and oxygen atoms in total. The van der Waals surface area contributed by atoms with Crippen molar-refractivity contribution < 1.29 is 13.2 Å². The van der Waals surface area contributed by atoms with E-state index in [1.807, 2.05) is 37.3 Å². The number of halogens is 4. The third kappa shape index (κ3) is 2.86. The van der Waals surface area contributed by atoms with Gasteiger partial charge in [-0.15, -0.1) is 0 Å². The molecule has 0 saturated carbocycles. The van der Waals surface area contributed by atoms with Gasteiger partial charge in [0.15, 0.2) is 0 Å². The maximum absolute atomic E-state index is 12.4. The summed E-state index contributed by atoms with van der Waals surface area (Å²) in [6.07, 6.45) is -5.03. The molecule has 0 spiro atoms. The van der Waals surface area contributed by atoms with Crippen molar-refractivity contribution in [3.63, 3.8) is 0 Å². The van der Waals surface area contributed by atoms with Gasteiger partial charge in [0.25, 0.3) is 0 Å². The molecule has 0 aliphatic carbocycles. The van der Waals surface area contributed by atoms with Crippen LogP contribution in [-0.4, -0.2) is 6.18 Å². The summed E-state index contributed by atoms with van der Waals surface area (Å²) in [4.78, 5) is -0.706. The van der Waals surface area contributed by atoms with Gasteiger partial charge in [0, 0.05) is 4.83 Å². The zero-order valence-corrected chi connectivity index (χ0v) is 11.3. The van der Waals surface area contributed by atoms with Crippen molar-refractivity contribution in [3.8, 4) is 0 Å². The highest BCUT2D eigenvalue weighted by Crippen LogP contribution is 2.38. The van der Waals surface area contributed by atoms with Crippen LogP contribution in [0.2, 0.25) is 0 Å². The van der Waals surface area contributed by atoms with Gasteiger partial charge in [-0.2, -0.15) is 13.2 Å². The van der Waals surface area contributed by atoms with Gasteiger partial charge in [-0.05, 0) is 28.8 Å². The smallest absolute Gasteiger partial charge is 0.171 e. The fraction of sp³-hybridized carbons (Fsp3) is 0.286. The summed E-state index contributed by atoms with van der Waals surface area (Å²) >= 11 is 3.15. The summed E-state index contributed by atoms with van der Waals surface area (Å²) in [5, 5.41) is 1.88. The van der Waals surface area contributed by atoms with Crippen LogP contribution in [0.25, 0.3) is 10.8 Å². The van der Waals surface area contributed by atoms with Gasteiger partial charge in [-0.3, -0.25) is 0 Å². The Balaban J connectivity index is 2.49. The molecule has 0 N–H and O–H groups in total. The zero-order chi connectivity index (χ0) is 13.3. The molecule has 2 aromatic rings. The second-order valence-corrected chi connectivity index (χ2v) is 5.41. The second kappa shape index (κ2) is 4.92. The van der Waals surface area contributed by atoms with Crippen molar-refractivity contribution in [2.24, 2.45) is 0 Å². The number of aryl methyl sites for hydroxylation is 1. The first-order valence-corrected chi connectivity index (χ1v) is 6.49. The lowest BCUT2D eigenvalue weighted by atomic mass is 9.97. The molecule has 0 bridgehead atoms. The average molecular weight is 317 g/mol. The van der Waals surface area contributed by atoms with Crippen LogP contribution in [0.15, 0.2) is 36.4 Å². The van der Waals surface area contributed by atoms with E-state index in [1.165, 1.54) is 0 Å². The van der Waals surface area contributed by atoms with Crippen LogP contribution in [0, 0.1) is 6.92 Å². The minimum atomic E-state index is -4.17. The molecule has 0 fully saturated rings. The molecule has 0 aromatic heterocycles. The van der Waals surface area contributed by atoms with E-state index in [0.29, 0.717) is 5.56 Å². The van der Waals surface area contributed by atoms with Gasteiger partial charge in [0.05, 0.1) is 6.42 Å². The number of fused-ring (bicyclic) bond motifs is 1. The molecule has 0 amide bonds. The molecule has 18 heavy (non-hydrogen) atoms. The molecular formula is C14H12BrF3. The lowest BCUT2D eigenvalue weighted by Crippen LogP contribution is -2.10. The molecule has 4 heteroatoms. The molecule has 0 radical (unpaired) electrons. The van der Waals surface area contributed by atoms with Crippen LogP contribution in [0.1, 0.15) is 22.4 Å². The summed E-state index contributed by atoms with van der Waals surface area (Å²) in [7, 11) is 0. The van der Waals surface area contributed by atoms with Crippen molar-refractivity contribution in [2.75, 3.05) is 0 Å². The average Bonchev–Trinajstić information content (AvgIpc) is 2.27. The minimum absolute atomic E-state index is 0.688. The Morgan fingerprint density at radius 1 is 1.06 bits per heavy atom. The predicted molar refractivity (Wildman–Crippen MR) is 71.0 cm³/mol. The fourth-order valence-corrected chi connectivity index (χ4v) is 2.83.